The molecular weight excluding hydrogens is 325 g/mol. The second-order valence-electron chi connectivity index (χ2n) is 6.30. The number of rotatable bonds is 5. The summed E-state index contributed by atoms with van der Waals surface area (Å²) in [6.07, 6.45) is -2.22. The minimum absolute atomic E-state index is 0.240. The van der Waals surface area contributed by atoms with E-state index in [0.29, 0.717) is 18.9 Å². The first-order valence-electron chi connectivity index (χ1n) is 8.35. The molecule has 6 heteroatoms. The summed E-state index contributed by atoms with van der Waals surface area (Å²) in [6.45, 7) is 0.891. The van der Waals surface area contributed by atoms with Crippen molar-refractivity contribution in [3.8, 4) is 5.75 Å². The summed E-state index contributed by atoms with van der Waals surface area (Å²) in [4.78, 5) is 0. The molecule has 0 unspecified atom stereocenters. The second-order valence-corrected chi connectivity index (χ2v) is 6.30. The van der Waals surface area contributed by atoms with Crippen LogP contribution in [0.1, 0.15) is 5.56 Å². The molecule has 0 amide bonds. The van der Waals surface area contributed by atoms with Gasteiger partial charge in [0, 0.05) is 6.54 Å². The van der Waals surface area contributed by atoms with E-state index in [-0.39, 0.29) is 18.0 Å². The highest BCUT2D eigenvalue weighted by Crippen LogP contribution is 2.31. The molecule has 2 aromatic rings. The molecule has 2 fully saturated rings. The van der Waals surface area contributed by atoms with Crippen LogP contribution in [0.2, 0.25) is 0 Å². The molecule has 4 rings (SSSR count). The minimum Gasteiger partial charge on any atom is -0.482 e. The summed E-state index contributed by atoms with van der Waals surface area (Å²) in [6, 6.07) is 15.2. The smallest absolute Gasteiger partial charge is 0.197 e. The summed E-state index contributed by atoms with van der Waals surface area (Å²) in [5.74, 6) is 0.384. The van der Waals surface area contributed by atoms with Gasteiger partial charge in [-0.25, -0.2) is 4.39 Å². The fraction of sp³-hybridized carbons (Fsp3) is 0.368. The number of halogens is 1. The molecule has 5 atom stereocenters. The molecular formula is C19H20FNO4. The highest BCUT2D eigenvalue weighted by Gasteiger charge is 2.51. The summed E-state index contributed by atoms with van der Waals surface area (Å²) in [7, 11) is 0. The number of benzene rings is 2. The van der Waals surface area contributed by atoms with Gasteiger partial charge >= 0.3 is 0 Å². The van der Waals surface area contributed by atoms with Gasteiger partial charge < -0.3 is 24.6 Å². The van der Waals surface area contributed by atoms with E-state index in [2.05, 4.69) is 5.32 Å². The molecule has 132 valence electrons. The fourth-order valence-corrected chi connectivity index (χ4v) is 3.26. The number of hydrogen-bond donors (Lipinski definition) is 2. The maximum atomic E-state index is 13.0. The van der Waals surface area contributed by atoms with Gasteiger partial charge in [0.05, 0.1) is 12.6 Å². The van der Waals surface area contributed by atoms with Crippen LogP contribution >= 0.6 is 0 Å². The van der Waals surface area contributed by atoms with Crippen molar-refractivity contribution in [2.45, 2.75) is 37.2 Å². The minimum atomic E-state index is -0.785. The summed E-state index contributed by atoms with van der Waals surface area (Å²) >= 11 is 0. The Balaban J connectivity index is 1.45. The van der Waals surface area contributed by atoms with E-state index < -0.39 is 18.5 Å². The number of aliphatic hydroxyl groups excluding tert-OH is 1. The third-order valence-corrected chi connectivity index (χ3v) is 4.58. The van der Waals surface area contributed by atoms with Crippen LogP contribution in [-0.4, -0.2) is 42.4 Å². The number of aliphatic hydroxyl groups is 1. The first-order valence-corrected chi connectivity index (χ1v) is 8.35. The Hall–Kier alpha value is -1.99. The molecule has 0 aromatic heterocycles. The molecule has 2 N–H and O–H groups in total. The zero-order valence-electron chi connectivity index (χ0n) is 13.5. The second kappa shape index (κ2) is 7.09. The van der Waals surface area contributed by atoms with Gasteiger partial charge in [-0.15, -0.1) is 0 Å². The van der Waals surface area contributed by atoms with Crippen LogP contribution in [-0.2, 0) is 16.0 Å². The van der Waals surface area contributed by atoms with E-state index in [4.69, 9.17) is 14.2 Å². The third kappa shape index (κ3) is 3.52. The molecule has 0 radical (unpaired) electrons. The van der Waals surface area contributed by atoms with Gasteiger partial charge in [-0.1, -0.05) is 30.3 Å². The van der Waals surface area contributed by atoms with E-state index in [1.54, 1.807) is 12.1 Å². The average molecular weight is 345 g/mol. The van der Waals surface area contributed by atoms with Crippen molar-refractivity contribution in [1.82, 2.24) is 5.32 Å². The SMILES string of the molecule is O[C@H]1[C@H](NCc2ccc(F)cc2)[C@@H]2CO[C@H](O2)[C@H]1Oc1ccccc1. The van der Waals surface area contributed by atoms with E-state index >= 15 is 0 Å². The maximum absolute atomic E-state index is 13.0. The molecule has 2 heterocycles. The third-order valence-electron chi connectivity index (χ3n) is 4.58. The first kappa shape index (κ1) is 16.5. The normalized spacial score (nSPS) is 31.0. The van der Waals surface area contributed by atoms with Gasteiger partial charge in [0.2, 0.25) is 0 Å². The Morgan fingerprint density at radius 3 is 2.64 bits per heavy atom. The van der Waals surface area contributed by atoms with Crippen molar-refractivity contribution in [2.75, 3.05) is 6.61 Å². The average Bonchev–Trinajstić information content (AvgIpc) is 3.07. The van der Waals surface area contributed by atoms with Crippen molar-refractivity contribution in [2.24, 2.45) is 0 Å². The number of hydrogen-bond acceptors (Lipinski definition) is 5. The highest BCUT2D eigenvalue weighted by atomic mass is 19.1. The van der Waals surface area contributed by atoms with Crippen molar-refractivity contribution < 1.29 is 23.7 Å². The van der Waals surface area contributed by atoms with Gasteiger partial charge in [0.15, 0.2) is 12.4 Å². The van der Waals surface area contributed by atoms with Crippen molar-refractivity contribution in [1.29, 1.82) is 0 Å². The van der Waals surface area contributed by atoms with E-state index in [9.17, 15) is 9.50 Å². The van der Waals surface area contributed by atoms with Crippen LogP contribution < -0.4 is 10.1 Å². The predicted molar refractivity (Wildman–Crippen MR) is 88.5 cm³/mol. The summed E-state index contributed by atoms with van der Waals surface area (Å²) in [5.41, 5.74) is 0.926. The summed E-state index contributed by atoms with van der Waals surface area (Å²) < 4.78 is 30.4. The summed E-state index contributed by atoms with van der Waals surface area (Å²) in [5, 5.41) is 14.1. The quantitative estimate of drug-likeness (QED) is 0.866. The van der Waals surface area contributed by atoms with E-state index in [1.165, 1.54) is 12.1 Å². The standard InChI is InChI=1S/C19H20FNO4/c20-13-8-6-12(7-9-13)10-21-16-15-11-23-19(25-15)18(17(16)22)24-14-4-2-1-3-5-14/h1-9,15-19,21-22H,10-11H2/t15-,16+,17-,18-,19+/m0/s1. The molecule has 0 saturated carbocycles. The van der Waals surface area contributed by atoms with Gasteiger partial charge in [0.1, 0.15) is 23.8 Å². The lowest BCUT2D eigenvalue weighted by molar-refractivity contribution is -0.193. The van der Waals surface area contributed by atoms with Crippen LogP contribution in [0.4, 0.5) is 4.39 Å². The fourth-order valence-electron chi connectivity index (χ4n) is 3.26. The number of nitrogens with one attached hydrogen (secondary N) is 1. The molecule has 2 saturated heterocycles. The zero-order chi connectivity index (χ0) is 17.2. The Morgan fingerprint density at radius 1 is 1.12 bits per heavy atom. The van der Waals surface area contributed by atoms with Crippen LogP contribution in [0, 0.1) is 5.82 Å². The van der Waals surface area contributed by atoms with Gasteiger partial charge in [0.25, 0.3) is 0 Å². The lowest BCUT2D eigenvalue weighted by Crippen LogP contribution is -2.61. The molecule has 2 aromatic carbocycles. The van der Waals surface area contributed by atoms with Crippen molar-refractivity contribution >= 4 is 0 Å². The molecule has 5 nitrogen and oxygen atoms in total. The Bertz CT molecular complexity index is 696. The molecule has 25 heavy (non-hydrogen) atoms. The van der Waals surface area contributed by atoms with Gasteiger partial charge in [-0.2, -0.15) is 0 Å². The monoisotopic (exact) mass is 345 g/mol. The molecule has 2 aliphatic heterocycles. The largest absolute Gasteiger partial charge is 0.482 e. The maximum Gasteiger partial charge on any atom is 0.197 e. The van der Waals surface area contributed by atoms with E-state index in [1.807, 2.05) is 30.3 Å². The van der Waals surface area contributed by atoms with Crippen LogP contribution in [0.25, 0.3) is 0 Å². The van der Waals surface area contributed by atoms with Crippen molar-refractivity contribution in [3.05, 3.63) is 66.0 Å². The first-order chi connectivity index (χ1) is 12.2. The molecule has 2 bridgehead atoms. The van der Waals surface area contributed by atoms with Crippen LogP contribution in [0.15, 0.2) is 54.6 Å². The van der Waals surface area contributed by atoms with Crippen molar-refractivity contribution in [3.63, 3.8) is 0 Å². The van der Waals surface area contributed by atoms with Gasteiger partial charge in [-0.3, -0.25) is 0 Å². The Morgan fingerprint density at radius 2 is 1.88 bits per heavy atom. The Kier molecular flexibility index (Phi) is 4.67. The van der Waals surface area contributed by atoms with Crippen LogP contribution in [0.3, 0.4) is 0 Å². The van der Waals surface area contributed by atoms with E-state index in [0.717, 1.165) is 5.56 Å². The van der Waals surface area contributed by atoms with Gasteiger partial charge in [-0.05, 0) is 29.8 Å². The van der Waals surface area contributed by atoms with Crippen LogP contribution in [0.5, 0.6) is 5.75 Å². The predicted octanol–water partition coefficient (Wildman–Crippen LogP) is 1.85. The molecule has 0 aliphatic carbocycles. The lowest BCUT2D eigenvalue weighted by Gasteiger charge is -2.38. The molecule has 2 aliphatic rings. The highest BCUT2D eigenvalue weighted by molar-refractivity contribution is 5.22. The number of fused-ring (bicyclic) bond motifs is 2. The zero-order valence-corrected chi connectivity index (χ0v) is 13.5. The number of para-hydroxylation sites is 1. The molecule has 0 spiro atoms. The lowest BCUT2D eigenvalue weighted by atomic mass is 9.97. The number of ether oxygens (including phenoxy) is 3. The topological polar surface area (TPSA) is 60.0 Å². The Labute approximate surface area is 145 Å².